The lowest BCUT2D eigenvalue weighted by atomic mass is 10.0. The van der Waals surface area contributed by atoms with Crippen LogP contribution in [0.1, 0.15) is 42.9 Å². The monoisotopic (exact) mass is 231 g/mol. The van der Waals surface area contributed by atoms with Gasteiger partial charge in [0.25, 0.3) is 0 Å². The summed E-state index contributed by atoms with van der Waals surface area (Å²) in [5.74, 6) is 0. The summed E-state index contributed by atoms with van der Waals surface area (Å²) in [4.78, 5) is 0. The predicted octanol–water partition coefficient (Wildman–Crippen LogP) is 2.55. The first-order valence-corrected chi connectivity index (χ1v) is 6.09. The Kier molecular flexibility index (Phi) is 4.13. The molecular formula is C14H17NO2. The lowest BCUT2D eigenvalue weighted by Gasteiger charge is -2.14. The highest BCUT2D eigenvalue weighted by Gasteiger charge is 2.17. The summed E-state index contributed by atoms with van der Waals surface area (Å²) in [5.41, 5.74) is 1.50. The van der Waals surface area contributed by atoms with E-state index in [0.717, 1.165) is 37.9 Å². The van der Waals surface area contributed by atoms with Crippen LogP contribution in [0.25, 0.3) is 0 Å². The molecule has 1 aromatic carbocycles. The summed E-state index contributed by atoms with van der Waals surface area (Å²) in [7, 11) is 0. The second-order valence-corrected chi connectivity index (χ2v) is 4.46. The third-order valence-electron chi connectivity index (χ3n) is 3.21. The van der Waals surface area contributed by atoms with E-state index in [1.807, 2.05) is 12.1 Å². The number of nitriles is 1. The molecule has 1 aliphatic heterocycles. The molecule has 2 atom stereocenters. The second-order valence-electron chi connectivity index (χ2n) is 4.46. The average Bonchev–Trinajstić information content (AvgIpc) is 2.89. The van der Waals surface area contributed by atoms with Gasteiger partial charge in [0.2, 0.25) is 0 Å². The number of aliphatic hydroxyl groups is 1. The van der Waals surface area contributed by atoms with Crippen molar-refractivity contribution in [3.05, 3.63) is 35.4 Å². The molecule has 3 heteroatoms. The SMILES string of the molecule is N#Cc1ccc(C(O)CCC2CCCO2)cc1. The molecule has 1 N–H and O–H groups in total. The van der Waals surface area contributed by atoms with Gasteiger partial charge in [0.05, 0.1) is 23.8 Å². The first kappa shape index (κ1) is 12.1. The summed E-state index contributed by atoms with van der Waals surface area (Å²) in [5, 5.41) is 18.7. The standard InChI is InChI=1S/C14H17NO2/c15-10-11-3-5-12(6-4-11)14(16)8-7-13-2-1-9-17-13/h3-6,13-14,16H,1-2,7-9H2. The Morgan fingerprint density at radius 2 is 2.18 bits per heavy atom. The zero-order valence-corrected chi connectivity index (χ0v) is 9.80. The molecule has 0 aromatic heterocycles. The quantitative estimate of drug-likeness (QED) is 0.866. The normalized spacial score (nSPS) is 21.1. The number of hydrogen-bond donors (Lipinski definition) is 1. The van der Waals surface area contributed by atoms with E-state index < -0.39 is 6.10 Å². The topological polar surface area (TPSA) is 53.2 Å². The fourth-order valence-corrected chi connectivity index (χ4v) is 2.16. The van der Waals surface area contributed by atoms with Crippen molar-refractivity contribution in [2.24, 2.45) is 0 Å². The van der Waals surface area contributed by atoms with Gasteiger partial charge in [-0.2, -0.15) is 5.26 Å². The number of ether oxygens (including phenoxy) is 1. The Labute approximate surface area is 102 Å². The first-order chi connectivity index (χ1) is 8.29. The predicted molar refractivity (Wildman–Crippen MR) is 64.3 cm³/mol. The van der Waals surface area contributed by atoms with Crippen molar-refractivity contribution in [2.75, 3.05) is 6.61 Å². The molecule has 1 saturated heterocycles. The number of benzene rings is 1. The van der Waals surface area contributed by atoms with Crippen LogP contribution in [0.4, 0.5) is 0 Å². The Morgan fingerprint density at radius 1 is 1.41 bits per heavy atom. The van der Waals surface area contributed by atoms with E-state index in [1.165, 1.54) is 0 Å². The van der Waals surface area contributed by atoms with Crippen molar-refractivity contribution in [3.8, 4) is 6.07 Å². The van der Waals surface area contributed by atoms with Crippen LogP contribution in [0.2, 0.25) is 0 Å². The van der Waals surface area contributed by atoms with E-state index in [9.17, 15) is 5.11 Å². The summed E-state index contributed by atoms with van der Waals surface area (Å²) < 4.78 is 5.52. The second kappa shape index (κ2) is 5.81. The lowest BCUT2D eigenvalue weighted by molar-refractivity contribution is 0.0812. The van der Waals surface area contributed by atoms with Gasteiger partial charge in [-0.1, -0.05) is 12.1 Å². The maximum atomic E-state index is 10.0. The van der Waals surface area contributed by atoms with Crippen LogP contribution in [0.5, 0.6) is 0 Å². The van der Waals surface area contributed by atoms with Crippen LogP contribution >= 0.6 is 0 Å². The summed E-state index contributed by atoms with van der Waals surface area (Å²) in [6.07, 6.45) is 3.74. The number of rotatable bonds is 4. The third kappa shape index (κ3) is 3.29. The van der Waals surface area contributed by atoms with Crippen molar-refractivity contribution in [1.29, 1.82) is 5.26 Å². The molecule has 0 spiro atoms. The van der Waals surface area contributed by atoms with Gasteiger partial charge in [-0.05, 0) is 43.4 Å². The Bertz CT molecular complexity index is 388. The molecule has 0 amide bonds. The highest BCUT2D eigenvalue weighted by Crippen LogP contribution is 2.23. The van der Waals surface area contributed by atoms with Crippen molar-refractivity contribution in [3.63, 3.8) is 0 Å². The van der Waals surface area contributed by atoms with Gasteiger partial charge in [-0.3, -0.25) is 0 Å². The molecular weight excluding hydrogens is 214 g/mol. The molecule has 17 heavy (non-hydrogen) atoms. The van der Waals surface area contributed by atoms with E-state index in [0.29, 0.717) is 11.7 Å². The summed E-state index contributed by atoms with van der Waals surface area (Å²) in [6.45, 7) is 0.859. The van der Waals surface area contributed by atoms with Gasteiger partial charge in [0.1, 0.15) is 0 Å². The Hall–Kier alpha value is -1.37. The molecule has 90 valence electrons. The maximum absolute atomic E-state index is 10.0. The Balaban J connectivity index is 1.85. The lowest BCUT2D eigenvalue weighted by Crippen LogP contribution is -2.07. The molecule has 2 rings (SSSR count). The minimum absolute atomic E-state index is 0.322. The minimum Gasteiger partial charge on any atom is -0.388 e. The molecule has 0 radical (unpaired) electrons. The van der Waals surface area contributed by atoms with Gasteiger partial charge >= 0.3 is 0 Å². The molecule has 2 unspecified atom stereocenters. The molecule has 1 aliphatic rings. The van der Waals surface area contributed by atoms with E-state index in [-0.39, 0.29) is 0 Å². The van der Waals surface area contributed by atoms with Crippen molar-refractivity contribution >= 4 is 0 Å². The largest absolute Gasteiger partial charge is 0.388 e. The Morgan fingerprint density at radius 3 is 2.76 bits per heavy atom. The highest BCUT2D eigenvalue weighted by atomic mass is 16.5. The van der Waals surface area contributed by atoms with Crippen molar-refractivity contribution in [1.82, 2.24) is 0 Å². The minimum atomic E-state index is -0.452. The number of aliphatic hydroxyl groups excluding tert-OH is 1. The molecule has 0 saturated carbocycles. The van der Waals surface area contributed by atoms with Gasteiger partial charge < -0.3 is 9.84 Å². The van der Waals surface area contributed by atoms with E-state index in [1.54, 1.807) is 12.1 Å². The van der Waals surface area contributed by atoms with Gasteiger partial charge in [-0.15, -0.1) is 0 Å². The highest BCUT2D eigenvalue weighted by molar-refractivity contribution is 5.32. The first-order valence-electron chi connectivity index (χ1n) is 6.09. The van der Waals surface area contributed by atoms with Crippen LogP contribution in [-0.4, -0.2) is 17.8 Å². The number of nitrogens with zero attached hydrogens (tertiary/aromatic N) is 1. The van der Waals surface area contributed by atoms with E-state index in [2.05, 4.69) is 6.07 Å². The zero-order chi connectivity index (χ0) is 12.1. The van der Waals surface area contributed by atoms with Crippen LogP contribution in [0, 0.1) is 11.3 Å². The molecule has 1 aromatic rings. The van der Waals surface area contributed by atoms with Crippen LogP contribution in [-0.2, 0) is 4.74 Å². The fraction of sp³-hybridized carbons (Fsp3) is 0.500. The van der Waals surface area contributed by atoms with Crippen LogP contribution in [0.3, 0.4) is 0 Å². The molecule has 0 aliphatic carbocycles. The fourth-order valence-electron chi connectivity index (χ4n) is 2.16. The van der Waals surface area contributed by atoms with Crippen LogP contribution in [0.15, 0.2) is 24.3 Å². The number of hydrogen-bond acceptors (Lipinski definition) is 3. The van der Waals surface area contributed by atoms with Crippen molar-refractivity contribution in [2.45, 2.75) is 37.9 Å². The van der Waals surface area contributed by atoms with Crippen LogP contribution < -0.4 is 0 Å². The summed E-state index contributed by atoms with van der Waals surface area (Å²) in [6, 6.07) is 9.19. The van der Waals surface area contributed by atoms with Gasteiger partial charge in [-0.25, -0.2) is 0 Å². The van der Waals surface area contributed by atoms with Crippen molar-refractivity contribution < 1.29 is 9.84 Å². The van der Waals surface area contributed by atoms with E-state index in [4.69, 9.17) is 10.00 Å². The smallest absolute Gasteiger partial charge is 0.0991 e. The van der Waals surface area contributed by atoms with Gasteiger partial charge in [0.15, 0.2) is 0 Å². The summed E-state index contributed by atoms with van der Waals surface area (Å²) >= 11 is 0. The van der Waals surface area contributed by atoms with Gasteiger partial charge in [0, 0.05) is 6.61 Å². The zero-order valence-electron chi connectivity index (χ0n) is 9.80. The molecule has 1 fully saturated rings. The molecule has 1 heterocycles. The average molecular weight is 231 g/mol. The third-order valence-corrected chi connectivity index (χ3v) is 3.21. The molecule has 0 bridgehead atoms. The molecule has 3 nitrogen and oxygen atoms in total. The maximum Gasteiger partial charge on any atom is 0.0991 e. The van der Waals surface area contributed by atoms with E-state index >= 15 is 0 Å².